The number of benzene rings is 2. The normalized spacial score (nSPS) is 15.1. The summed E-state index contributed by atoms with van der Waals surface area (Å²) in [5.74, 6) is 0.804. The predicted molar refractivity (Wildman–Crippen MR) is 111 cm³/mol. The van der Waals surface area contributed by atoms with Gasteiger partial charge in [-0.1, -0.05) is 30.3 Å². The molecule has 1 heterocycles. The van der Waals surface area contributed by atoms with Crippen LogP contribution in [0.1, 0.15) is 31.2 Å². The Kier molecular flexibility index (Phi) is 7.87. The number of likely N-dealkylation sites (tertiary alicyclic amines) is 1. The maximum absolute atomic E-state index is 13.5. The minimum absolute atomic E-state index is 0.0327. The van der Waals surface area contributed by atoms with Crippen LogP contribution in [0.25, 0.3) is 0 Å². The molecule has 0 aromatic heterocycles. The molecular weight excluding hydrogens is 371 g/mol. The van der Waals surface area contributed by atoms with E-state index in [0.29, 0.717) is 19.4 Å². The van der Waals surface area contributed by atoms with Gasteiger partial charge in [-0.05, 0) is 37.5 Å². The van der Waals surface area contributed by atoms with Gasteiger partial charge in [-0.25, -0.2) is 4.39 Å². The van der Waals surface area contributed by atoms with Crippen LogP contribution in [-0.2, 0) is 11.3 Å². The first-order chi connectivity index (χ1) is 14.2. The number of para-hydroxylation sites is 2. The third kappa shape index (κ3) is 6.46. The SMILES string of the molecule is COc1ccccc1CN1CCC(NC(=O)CCCOc2ccccc2F)CC1. The molecule has 0 atom stereocenters. The maximum Gasteiger partial charge on any atom is 0.220 e. The zero-order chi connectivity index (χ0) is 20.5. The summed E-state index contributed by atoms with van der Waals surface area (Å²) in [4.78, 5) is 14.6. The number of hydrogen-bond donors (Lipinski definition) is 1. The second-order valence-corrected chi connectivity index (χ2v) is 7.31. The van der Waals surface area contributed by atoms with Crippen molar-refractivity contribution in [3.05, 3.63) is 59.9 Å². The van der Waals surface area contributed by atoms with Crippen molar-refractivity contribution in [2.45, 2.75) is 38.3 Å². The molecule has 0 saturated carbocycles. The van der Waals surface area contributed by atoms with Gasteiger partial charge in [0.05, 0.1) is 13.7 Å². The van der Waals surface area contributed by atoms with Gasteiger partial charge in [0.1, 0.15) is 5.75 Å². The van der Waals surface area contributed by atoms with Gasteiger partial charge in [0.2, 0.25) is 5.91 Å². The Morgan fingerprint density at radius 2 is 1.79 bits per heavy atom. The Bertz CT molecular complexity index is 791. The third-order valence-electron chi connectivity index (χ3n) is 5.18. The zero-order valence-corrected chi connectivity index (χ0v) is 16.9. The molecule has 156 valence electrons. The highest BCUT2D eigenvalue weighted by atomic mass is 19.1. The van der Waals surface area contributed by atoms with Crippen LogP contribution in [0.3, 0.4) is 0 Å². The number of ether oxygens (including phenoxy) is 2. The Labute approximate surface area is 171 Å². The number of halogens is 1. The molecule has 5 nitrogen and oxygen atoms in total. The Morgan fingerprint density at radius 1 is 1.10 bits per heavy atom. The highest BCUT2D eigenvalue weighted by Gasteiger charge is 2.21. The number of methoxy groups -OCH3 is 1. The summed E-state index contributed by atoms with van der Waals surface area (Å²) in [6.45, 7) is 3.07. The summed E-state index contributed by atoms with van der Waals surface area (Å²) >= 11 is 0. The van der Waals surface area contributed by atoms with Crippen LogP contribution in [-0.4, -0.2) is 43.7 Å². The number of rotatable bonds is 9. The second kappa shape index (κ2) is 10.8. The summed E-state index contributed by atoms with van der Waals surface area (Å²) in [5.41, 5.74) is 1.19. The number of amides is 1. The molecule has 6 heteroatoms. The molecule has 2 aromatic carbocycles. The molecule has 0 radical (unpaired) electrons. The van der Waals surface area contributed by atoms with Gasteiger partial charge in [-0.15, -0.1) is 0 Å². The molecule has 1 fully saturated rings. The molecule has 0 spiro atoms. The standard InChI is InChI=1S/C23H29FN2O3/c1-28-21-9-4-2-7-18(21)17-26-14-12-19(13-15-26)25-23(27)11-6-16-29-22-10-5-3-8-20(22)24/h2-5,7-10,19H,6,11-17H2,1H3,(H,25,27). The van der Waals surface area contributed by atoms with E-state index in [1.165, 1.54) is 11.6 Å². The fraction of sp³-hybridized carbons (Fsp3) is 0.435. The molecule has 2 aromatic rings. The van der Waals surface area contributed by atoms with Gasteiger partial charge >= 0.3 is 0 Å². The fourth-order valence-corrected chi connectivity index (χ4v) is 3.59. The Balaban J connectivity index is 1.33. The largest absolute Gasteiger partial charge is 0.496 e. The first kappa shape index (κ1) is 21.1. The van der Waals surface area contributed by atoms with Gasteiger partial charge in [0, 0.05) is 37.7 Å². The predicted octanol–water partition coefficient (Wildman–Crippen LogP) is 3.77. The number of hydrogen-bond acceptors (Lipinski definition) is 4. The zero-order valence-electron chi connectivity index (χ0n) is 16.9. The Hall–Kier alpha value is -2.60. The lowest BCUT2D eigenvalue weighted by Gasteiger charge is -2.32. The molecular formula is C23H29FN2O3. The van der Waals surface area contributed by atoms with E-state index in [1.54, 1.807) is 25.3 Å². The van der Waals surface area contributed by atoms with Gasteiger partial charge < -0.3 is 14.8 Å². The van der Waals surface area contributed by atoms with Crippen molar-refractivity contribution >= 4 is 5.91 Å². The molecule has 1 saturated heterocycles. The summed E-state index contributed by atoms with van der Waals surface area (Å²) in [5, 5.41) is 3.12. The molecule has 29 heavy (non-hydrogen) atoms. The number of piperidine rings is 1. The first-order valence-electron chi connectivity index (χ1n) is 10.2. The van der Waals surface area contributed by atoms with Gasteiger partial charge in [-0.2, -0.15) is 0 Å². The average molecular weight is 400 g/mol. The summed E-state index contributed by atoms with van der Waals surface area (Å²) < 4.78 is 24.3. The molecule has 1 aliphatic rings. The fourth-order valence-electron chi connectivity index (χ4n) is 3.59. The van der Waals surface area contributed by atoms with E-state index in [1.807, 2.05) is 18.2 Å². The van der Waals surface area contributed by atoms with Crippen LogP contribution < -0.4 is 14.8 Å². The van der Waals surface area contributed by atoms with E-state index in [-0.39, 0.29) is 23.5 Å². The maximum atomic E-state index is 13.5. The van der Waals surface area contributed by atoms with Crippen LogP contribution >= 0.6 is 0 Å². The van der Waals surface area contributed by atoms with E-state index < -0.39 is 0 Å². The van der Waals surface area contributed by atoms with E-state index in [2.05, 4.69) is 16.3 Å². The smallest absolute Gasteiger partial charge is 0.220 e. The lowest BCUT2D eigenvalue weighted by molar-refractivity contribution is -0.122. The highest BCUT2D eigenvalue weighted by molar-refractivity contribution is 5.76. The van der Waals surface area contributed by atoms with E-state index in [9.17, 15) is 9.18 Å². The van der Waals surface area contributed by atoms with Crippen LogP contribution in [0.15, 0.2) is 48.5 Å². The summed E-state index contributed by atoms with van der Waals surface area (Å²) in [6, 6.07) is 14.6. The lowest BCUT2D eigenvalue weighted by atomic mass is 10.0. The van der Waals surface area contributed by atoms with Crippen LogP contribution in [0.4, 0.5) is 4.39 Å². The molecule has 3 rings (SSSR count). The van der Waals surface area contributed by atoms with Gasteiger partial charge in [0.15, 0.2) is 11.6 Å². The van der Waals surface area contributed by atoms with Crippen LogP contribution in [0.2, 0.25) is 0 Å². The van der Waals surface area contributed by atoms with E-state index in [0.717, 1.165) is 38.2 Å². The summed E-state index contributed by atoms with van der Waals surface area (Å²) in [7, 11) is 1.70. The van der Waals surface area contributed by atoms with Gasteiger partial charge in [-0.3, -0.25) is 9.69 Å². The quantitative estimate of drug-likeness (QED) is 0.651. The van der Waals surface area contributed by atoms with Crippen LogP contribution in [0.5, 0.6) is 11.5 Å². The molecule has 0 aliphatic carbocycles. The third-order valence-corrected chi connectivity index (χ3v) is 5.18. The molecule has 1 N–H and O–H groups in total. The van der Waals surface area contributed by atoms with Crippen molar-refractivity contribution in [1.82, 2.24) is 10.2 Å². The van der Waals surface area contributed by atoms with Crippen molar-refractivity contribution in [1.29, 1.82) is 0 Å². The van der Waals surface area contributed by atoms with E-state index in [4.69, 9.17) is 9.47 Å². The Morgan fingerprint density at radius 3 is 2.52 bits per heavy atom. The second-order valence-electron chi connectivity index (χ2n) is 7.31. The van der Waals surface area contributed by atoms with Gasteiger partial charge in [0.25, 0.3) is 0 Å². The molecule has 0 unspecified atom stereocenters. The molecule has 0 bridgehead atoms. The first-order valence-corrected chi connectivity index (χ1v) is 10.2. The number of nitrogens with one attached hydrogen (secondary N) is 1. The number of carbonyl (C=O) groups is 1. The summed E-state index contributed by atoms with van der Waals surface area (Å²) in [6.07, 6.45) is 2.82. The number of carbonyl (C=O) groups excluding carboxylic acids is 1. The molecule has 1 amide bonds. The van der Waals surface area contributed by atoms with E-state index >= 15 is 0 Å². The topological polar surface area (TPSA) is 50.8 Å². The van der Waals surface area contributed by atoms with Crippen molar-refractivity contribution in [2.24, 2.45) is 0 Å². The van der Waals surface area contributed by atoms with Crippen LogP contribution in [0, 0.1) is 5.82 Å². The van der Waals surface area contributed by atoms with Crippen molar-refractivity contribution in [2.75, 3.05) is 26.8 Å². The highest BCUT2D eigenvalue weighted by Crippen LogP contribution is 2.21. The minimum atomic E-state index is -0.378. The monoisotopic (exact) mass is 400 g/mol. The average Bonchev–Trinajstić information content (AvgIpc) is 2.74. The molecule has 1 aliphatic heterocycles. The van der Waals surface area contributed by atoms with Crippen molar-refractivity contribution in [3.8, 4) is 11.5 Å². The number of nitrogens with zero attached hydrogens (tertiary/aromatic N) is 1. The van der Waals surface area contributed by atoms with Crippen molar-refractivity contribution < 1.29 is 18.7 Å². The minimum Gasteiger partial charge on any atom is -0.496 e. The lowest BCUT2D eigenvalue weighted by Crippen LogP contribution is -2.44. The van der Waals surface area contributed by atoms with Crippen molar-refractivity contribution in [3.63, 3.8) is 0 Å².